The summed E-state index contributed by atoms with van der Waals surface area (Å²) < 4.78 is 0. The van der Waals surface area contributed by atoms with Crippen LogP contribution in [0, 0.1) is 0 Å². The number of para-hydroxylation sites is 2. The van der Waals surface area contributed by atoms with Crippen LogP contribution in [0.15, 0.2) is 58.5 Å². The smallest absolute Gasteiger partial charge is 0.0516 e. The van der Waals surface area contributed by atoms with Gasteiger partial charge in [0.25, 0.3) is 0 Å². The first kappa shape index (κ1) is 17.7. The standard InChI is InChI=1S/C19H23N3O2/c1-22(12-10-20-14-16-6-2-4-8-18(16)23)13-11-21-15-17-7-3-5-9-19(17)24/h2-9,14-15,23-24H,10-13H2,1H3/p-2. The SMILES string of the molecule is CN(CCN=Cc1ccccc1[O-])CCN=Cc1ccccc1[O-]. The molecule has 2 aromatic rings. The van der Waals surface area contributed by atoms with Crippen LogP contribution in [0.25, 0.3) is 0 Å². The van der Waals surface area contributed by atoms with Crippen LogP contribution in [0.2, 0.25) is 0 Å². The largest absolute Gasteiger partial charge is 0.872 e. The minimum Gasteiger partial charge on any atom is -0.872 e. The third kappa shape index (κ3) is 5.85. The average Bonchev–Trinajstić information content (AvgIpc) is 2.58. The number of benzene rings is 2. The summed E-state index contributed by atoms with van der Waals surface area (Å²) in [6.07, 6.45) is 3.25. The van der Waals surface area contributed by atoms with Crippen molar-refractivity contribution >= 4 is 12.4 Å². The van der Waals surface area contributed by atoms with Gasteiger partial charge in [-0.3, -0.25) is 9.98 Å². The van der Waals surface area contributed by atoms with Crippen LogP contribution in [0.5, 0.6) is 11.5 Å². The molecule has 0 N–H and O–H groups in total. The second kappa shape index (κ2) is 9.47. The van der Waals surface area contributed by atoms with Crippen molar-refractivity contribution in [3.63, 3.8) is 0 Å². The Morgan fingerprint density at radius 2 is 1.21 bits per heavy atom. The summed E-state index contributed by atoms with van der Waals surface area (Å²) in [5.41, 5.74) is 1.22. The Balaban J connectivity index is 1.68. The van der Waals surface area contributed by atoms with E-state index < -0.39 is 0 Å². The monoisotopic (exact) mass is 323 g/mol. The molecule has 0 aliphatic heterocycles. The molecule has 0 unspecified atom stereocenters. The molecule has 0 aromatic heterocycles. The molecule has 2 rings (SSSR count). The fourth-order valence-corrected chi connectivity index (χ4v) is 2.07. The van der Waals surface area contributed by atoms with E-state index >= 15 is 0 Å². The molecule has 0 bridgehead atoms. The molecular formula is C19H21N3O2-2. The lowest BCUT2D eigenvalue weighted by atomic mass is 10.2. The van der Waals surface area contributed by atoms with E-state index in [0.717, 1.165) is 13.1 Å². The summed E-state index contributed by atoms with van der Waals surface area (Å²) in [4.78, 5) is 10.7. The van der Waals surface area contributed by atoms with Crippen LogP contribution in [-0.4, -0.2) is 50.6 Å². The third-order valence-electron chi connectivity index (χ3n) is 3.52. The van der Waals surface area contributed by atoms with Gasteiger partial charge in [0.05, 0.1) is 13.1 Å². The first-order chi connectivity index (χ1) is 11.7. The van der Waals surface area contributed by atoms with Crippen molar-refractivity contribution in [2.45, 2.75) is 0 Å². The molecule has 0 fully saturated rings. The highest BCUT2D eigenvalue weighted by Crippen LogP contribution is 2.09. The molecule has 0 saturated carbocycles. The van der Waals surface area contributed by atoms with E-state index in [2.05, 4.69) is 14.9 Å². The molecule has 0 aliphatic carbocycles. The highest BCUT2D eigenvalue weighted by atomic mass is 16.3. The zero-order valence-electron chi connectivity index (χ0n) is 13.8. The summed E-state index contributed by atoms with van der Waals surface area (Å²) in [5, 5.41) is 23.0. The summed E-state index contributed by atoms with van der Waals surface area (Å²) >= 11 is 0. The van der Waals surface area contributed by atoms with E-state index in [9.17, 15) is 10.2 Å². The van der Waals surface area contributed by atoms with E-state index in [4.69, 9.17) is 0 Å². The van der Waals surface area contributed by atoms with Crippen LogP contribution in [0.4, 0.5) is 0 Å². The van der Waals surface area contributed by atoms with Crippen molar-refractivity contribution in [2.24, 2.45) is 9.98 Å². The minimum atomic E-state index is -0.0115. The van der Waals surface area contributed by atoms with Crippen LogP contribution < -0.4 is 10.2 Å². The lowest BCUT2D eigenvalue weighted by Gasteiger charge is -2.14. The normalized spacial score (nSPS) is 11.8. The zero-order valence-corrected chi connectivity index (χ0v) is 13.8. The maximum Gasteiger partial charge on any atom is 0.0516 e. The van der Waals surface area contributed by atoms with Gasteiger partial charge in [-0.15, -0.1) is 11.5 Å². The second-order valence-corrected chi connectivity index (χ2v) is 5.45. The lowest BCUT2D eigenvalue weighted by Crippen LogP contribution is -2.24. The summed E-state index contributed by atoms with van der Waals surface area (Å²) in [6.45, 7) is 2.81. The molecule has 0 amide bonds. The molecule has 0 heterocycles. The topological polar surface area (TPSA) is 74.1 Å². The van der Waals surface area contributed by atoms with Crippen LogP contribution in [0.1, 0.15) is 11.1 Å². The fraction of sp³-hybridized carbons (Fsp3) is 0.263. The number of rotatable bonds is 8. The lowest BCUT2D eigenvalue weighted by molar-refractivity contribution is -0.269. The number of nitrogens with zero attached hydrogens (tertiary/aromatic N) is 3. The highest BCUT2D eigenvalue weighted by molar-refractivity contribution is 5.83. The van der Waals surface area contributed by atoms with Crippen LogP contribution in [0.3, 0.4) is 0 Å². The number of hydrogen-bond acceptors (Lipinski definition) is 5. The van der Waals surface area contributed by atoms with E-state index in [1.807, 2.05) is 19.2 Å². The first-order valence-corrected chi connectivity index (χ1v) is 7.87. The molecule has 2 aromatic carbocycles. The summed E-state index contributed by atoms with van der Waals surface area (Å²) in [7, 11) is 1.99. The second-order valence-electron chi connectivity index (χ2n) is 5.45. The zero-order chi connectivity index (χ0) is 17.2. The average molecular weight is 323 g/mol. The van der Waals surface area contributed by atoms with Crippen molar-refractivity contribution in [1.82, 2.24) is 4.90 Å². The molecule has 126 valence electrons. The van der Waals surface area contributed by atoms with Crippen molar-refractivity contribution in [2.75, 3.05) is 33.2 Å². The highest BCUT2D eigenvalue weighted by Gasteiger charge is 1.96. The quantitative estimate of drug-likeness (QED) is 0.687. The summed E-state index contributed by atoms with van der Waals surface area (Å²) in [5.74, 6) is -0.0230. The maximum absolute atomic E-state index is 11.5. The number of hydrogen-bond donors (Lipinski definition) is 0. The molecular weight excluding hydrogens is 302 g/mol. The van der Waals surface area contributed by atoms with Crippen LogP contribution >= 0.6 is 0 Å². The molecule has 0 atom stereocenters. The van der Waals surface area contributed by atoms with E-state index in [1.54, 1.807) is 36.7 Å². The van der Waals surface area contributed by atoms with E-state index in [1.165, 1.54) is 12.1 Å². The van der Waals surface area contributed by atoms with Crippen molar-refractivity contribution in [3.8, 4) is 11.5 Å². The van der Waals surface area contributed by atoms with Crippen molar-refractivity contribution in [1.29, 1.82) is 0 Å². The van der Waals surface area contributed by atoms with Gasteiger partial charge in [0.15, 0.2) is 0 Å². The third-order valence-corrected chi connectivity index (χ3v) is 3.52. The molecule has 0 aliphatic rings. The van der Waals surface area contributed by atoms with Gasteiger partial charge in [-0.25, -0.2) is 0 Å². The van der Waals surface area contributed by atoms with Gasteiger partial charge in [-0.05, 0) is 18.2 Å². The van der Waals surface area contributed by atoms with Gasteiger partial charge in [-0.2, -0.15) is 0 Å². The Kier molecular flexibility index (Phi) is 6.98. The Labute approximate surface area is 142 Å². The Morgan fingerprint density at radius 1 is 0.792 bits per heavy atom. The van der Waals surface area contributed by atoms with E-state index in [-0.39, 0.29) is 11.5 Å². The van der Waals surface area contributed by atoms with Gasteiger partial charge >= 0.3 is 0 Å². The summed E-state index contributed by atoms with van der Waals surface area (Å²) in [6, 6.07) is 13.7. The molecule has 5 nitrogen and oxygen atoms in total. The first-order valence-electron chi connectivity index (χ1n) is 7.87. The number of aliphatic imine (C=N–C) groups is 2. The molecule has 0 saturated heterocycles. The Hall–Kier alpha value is -2.66. The maximum atomic E-state index is 11.5. The van der Waals surface area contributed by atoms with Crippen molar-refractivity contribution in [3.05, 3.63) is 59.7 Å². The Bertz CT molecular complexity index is 639. The Morgan fingerprint density at radius 3 is 1.62 bits per heavy atom. The minimum absolute atomic E-state index is 0.0115. The predicted octanol–water partition coefficient (Wildman–Crippen LogP) is 1.30. The van der Waals surface area contributed by atoms with Crippen LogP contribution in [-0.2, 0) is 0 Å². The fourth-order valence-electron chi connectivity index (χ4n) is 2.07. The van der Waals surface area contributed by atoms with Gasteiger partial charge in [0.1, 0.15) is 0 Å². The molecule has 24 heavy (non-hydrogen) atoms. The van der Waals surface area contributed by atoms with Gasteiger partial charge in [0, 0.05) is 25.5 Å². The van der Waals surface area contributed by atoms with Gasteiger partial charge in [-0.1, -0.05) is 48.5 Å². The van der Waals surface area contributed by atoms with Gasteiger partial charge < -0.3 is 15.1 Å². The molecule has 5 heteroatoms. The van der Waals surface area contributed by atoms with Gasteiger partial charge in [0.2, 0.25) is 0 Å². The molecule has 0 spiro atoms. The molecule has 0 radical (unpaired) electrons. The van der Waals surface area contributed by atoms with Crippen molar-refractivity contribution < 1.29 is 10.2 Å². The van der Waals surface area contributed by atoms with E-state index in [0.29, 0.717) is 24.2 Å². The number of likely N-dealkylation sites (N-methyl/N-ethyl adjacent to an activating group) is 1. The predicted molar refractivity (Wildman–Crippen MR) is 94.2 cm³/mol.